The van der Waals surface area contributed by atoms with Gasteiger partial charge in [0.1, 0.15) is 0 Å². The van der Waals surface area contributed by atoms with Crippen molar-refractivity contribution in [3.63, 3.8) is 0 Å². The van der Waals surface area contributed by atoms with Crippen LogP contribution in [0.25, 0.3) is 0 Å². The Kier molecular flexibility index (Phi) is 6.90. The van der Waals surface area contributed by atoms with Crippen LogP contribution in [0.5, 0.6) is 11.5 Å². The Morgan fingerprint density at radius 3 is 2.54 bits per heavy atom. The maximum Gasteiger partial charge on any atom is 0.161 e. The first-order valence-electron chi connectivity index (χ1n) is 8.93. The molecule has 1 aliphatic heterocycles. The normalized spacial score (nSPS) is 21.0. The minimum absolute atomic E-state index is 0.0144. The number of aliphatic hydroxyl groups is 1. The summed E-state index contributed by atoms with van der Waals surface area (Å²) in [6.07, 6.45) is 0.0775. The molecule has 0 radical (unpaired) electrons. The van der Waals surface area contributed by atoms with E-state index in [9.17, 15) is 5.11 Å². The van der Waals surface area contributed by atoms with Crippen molar-refractivity contribution in [2.24, 2.45) is 0 Å². The van der Waals surface area contributed by atoms with Crippen LogP contribution in [0.4, 0.5) is 0 Å². The van der Waals surface area contributed by atoms with Gasteiger partial charge >= 0.3 is 0 Å². The average molecular weight is 336 g/mol. The van der Waals surface area contributed by atoms with Gasteiger partial charge in [0.25, 0.3) is 0 Å². The molecular formula is C19H32N2O3. The van der Waals surface area contributed by atoms with E-state index in [-0.39, 0.29) is 18.8 Å². The van der Waals surface area contributed by atoms with Gasteiger partial charge in [-0.3, -0.25) is 4.90 Å². The van der Waals surface area contributed by atoms with Crippen molar-refractivity contribution in [1.82, 2.24) is 9.80 Å². The minimum atomic E-state index is -0.0144. The van der Waals surface area contributed by atoms with Crippen molar-refractivity contribution in [1.29, 1.82) is 0 Å². The van der Waals surface area contributed by atoms with Crippen LogP contribution in [0.15, 0.2) is 18.2 Å². The minimum Gasteiger partial charge on any atom is -0.493 e. The van der Waals surface area contributed by atoms with E-state index in [0.717, 1.165) is 43.2 Å². The maximum atomic E-state index is 10.0. The summed E-state index contributed by atoms with van der Waals surface area (Å²) in [7, 11) is 1.65. The first-order valence-corrected chi connectivity index (χ1v) is 8.93. The van der Waals surface area contributed by atoms with E-state index in [1.807, 2.05) is 32.0 Å². The van der Waals surface area contributed by atoms with E-state index in [2.05, 4.69) is 23.6 Å². The number of hydrogen-bond donors (Lipinski definition) is 1. The largest absolute Gasteiger partial charge is 0.493 e. The molecule has 0 saturated carbocycles. The summed E-state index contributed by atoms with van der Waals surface area (Å²) < 4.78 is 11.3. The van der Waals surface area contributed by atoms with Crippen LogP contribution in [0.1, 0.15) is 39.3 Å². The number of benzene rings is 1. The number of piperazine rings is 1. The maximum absolute atomic E-state index is 10.0. The van der Waals surface area contributed by atoms with E-state index in [1.54, 1.807) is 7.11 Å². The third kappa shape index (κ3) is 4.41. The second-order valence-corrected chi connectivity index (χ2v) is 6.76. The number of aliphatic hydroxyl groups excluding tert-OH is 1. The molecule has 5 heteroatoms. The zero-order chi connectivity index (χ0) is 17.7. The molecule has 136 valence electrons. The van der Waals surface area contributed by atoms with Crippen LogP contribution in [0.3, 0.4) is 0 Å². The molecule has 0 aliphatic carbocycles. The highest BCUT2D eigenvalue weighted by molar-refractivity contribution is 5.44. The first kappa shape index (κ1) is 19.0. The van der Waals surface area contributed by atoms with Gasteiger partial charge in [-0.25, -0.2) is 0 Å². The Labute approximate surface area is 146 Å². The first-order chi connectivity index (χ1) is 11.5. The molecule has 24 heavy (non-hydrogen) atoms. The number of likely N-dealkylation sites (N-methyl/N-ethyl adjacent to an activating group) is 1. The molecule has 1 saturated heterocycles. The summed E-state index contributed by atoms with van der Waals surface area (Å²) in [6.45, 7) is 12.7. The molecule has 2 unspecified atom stereocenters. The fourth-order valence-corrected chi connectivity index (χ4v) is 3.45. The molecule has 1 heterocycles. The predicted octanol–water partition coefficient (Wildman–Crippen LogP) is 2.54. The van der Waals surface area contributed by atoms with E-state index in [1.165, 1.54) is 0 Å². The van der Waals surface area contributed by atoms with Gasteiger partial charge in [-0.15, -0.1) is 0 Å². The van der Waals surface area contributed by atoms with Crippen LogP contribution in [-0.2, 0) is 0 Å². The van der Waals surface area contributed by atoms with Gasteiger partial charge in [0.05, 0.1) is 25.9 Å². The van der Waals surface area contributed by atoms with Crippen molar-refractivity contribution in [2.45, 2.75) is 45.9 Å². The second kappa shape index (κ2) is 8.70. The van der Waals surface area contributed by atoms with Crippen LogP contribution in [0, 0.1) is 0 Å². The molecule has 2 atom stereocenters. The Morgan fingerprint density at radius 2 is 2.00 bits per heavy atom. The standard InChI is InChI=1S/C19H32N2O3/c1-6-20-9-10-21(15(4)12-20)17(13-22)16-7-8-18(23-5)19(11-16)24-14(2)3/h7-8,11,14-15,17,22H,6,9-10,12-13H2,1-5H3. The van der Waals surface area contributed by atoms with Gasteiger partial charge in [-0.2, -0.15) is 0 Å². The Balaban J connectivity index is 2.23. The molecular weight excluding hydrogens is 304 g/mol. The summed E-state index contributed by atoms with van der Waals surface area (Å²) in [5, 5.41) is 10.0. The lowest BCUT2D eigenvalue weighted by molar-refractivity contribution is 0.0269. The van der Waals surface area contributed by atoms with E-state index in [0.29, 0.717) is 6.04 Å². The van der Waals surface area contributed by atoms with Gasteiger partial charge < -0.3 is 19.5 Å². The lowest BCUT2D eigenvalue weighted by atomic mass is 10.0. The van der Waals surface area contributed by atoms with Crippen molar-refractivity contribution in [3.05, 3.63) is 23.8 Å². The smallest absolute Gasteiger partial charge is 0.161 e. The molecule has 0 aromatic heterocycles. The second-order valence-electron chi connectivity index (χ2n) is 6.76. The fourth-order valence-electron chi connectivity index (χ4n) is 3.45. The van der Waals surface area contributed by atoms with Crippen LogP contribution in [0.2, 0.25) is 0 Å². The number of ether oxygens (including phenoxy) is 2. The molecule has 1 aromatic carbocycles. The molecule has 0 bridgehead atoms. The summed E-state index contributed by atoms with van der Waals surface area (Å²) in [6, 6.07) is 6.37. The summed E-state index contributed by atoms with van der Waals surface area (Å²) >= 11 is 0. The Bertz CT molecular complexity index is 521. The quantitative estimate of drug-likeness (QED) is 0.829. The Morgan fingerprint density at radius 1 is 1.25 bits per heavy atom. The highest BCUT2D eigenvalue weighted by atomic mass is 16.5. The molecule has 0 amide bonds. The Hall–Kier alpha value is -1.30. The van der Waals surface area contributed by atoms with E-state index < -0.39 is 0 Å². The van der Waals surface area contributed by atoms with Gasteiger partial charge in [0.2, 0.25) is 0 Å². The summed E-state index contributed by atoms with van der Waals surface area (Å²) in [5.41, 5.74) is 1.07. The lowest BCUT2D eigenvalue weighted by Gasteiger charge is -2.43. The number of methoxy groups -OCH3 is 1. The highest BCUT2D eigenvalue weighted by Crippen LogP contribution is 2.34. The zero-order valence-corrected chi connectivity index (χ0v) is 15.7. The molecule has 0 spiro atoms. The summed E-state index contributed by atoms with van der Waals surface area (Å²) in [5.74, 6) is 1.47. The van der Waals surface area contributed by atoms with Crippen LogP contribution < -0.4 is 9.47 Å². The molecule has 1 N–H and O–H groups in total. The van der Waals surface area contributed by atoms with E-state index >= 15 is 0 Å². The number of nitrogens with zero attached hydrogens (tertiary/aromatic N) is 2. The molecule has 1 aromatic rings. The zero-order valence-electron chi connectivity index (χ0n) is 15.7. The van der Waals surface area contributed by atoms with Crippen LogP contribution in [-0.4, -0.2) is 66.9 Å². The predicted molar refractivity (Wildman–Crippen MR) is 96.9 cm³/mol. The van der Waals surface area contributed by atoms with Gasteiger partial charge in [-0.1, -0.05) is 13.0 Å². The average Bonchev–Trinajstić information content (AvgIpc) is 2.56. The molecule has 1 aliphatic rings. The van der Waals surface area contributed by atoms with Gasteiger partial charge in [0, 0.05) is 25.7 Å². The highest BCUT2D eigenvalue weighted by Gasteiger charge is 2.30. The number of hydrogen-bond acceptors (Lipinski definition) is 5. The fraction of sp³-hybridized carbons (Fsp3) is 0.684. The number of rotatable bonds is 7. The third-order valence-electron chi connectivity index (χ3n) is 4.72. The van der Waals surface area contributed by atoms with Crippen LogP contribution >= 0.6 is 0 Å². The monoisotopic (exact) mass is 336 g/mol. The molecule has 1 fully saturated rings. The topological polar surface area (TPSA) is 45.2 Å². The van der Waals surface area contributed by atoms with Crippen molar-refractivity contribution >= 4 is 0 Å². The van der Waals surface area contributed by atoms with Crippen molar-refractivity contribution in [3.8, 4) is 11.5 Å². The van der Waals surface area contributed by atoms with Crippen molar-refractivity contribution in [2.75, 3.05) is 39.9 Å². The van der Waals surface area contributed by atoms with Gasteiger partial charge in [0.15, 0.2) is 11.5 Å². The SMILES string of the molecule is CCN1CCN(C(CO)c2ccc(OC)c(OC(C)C)c2)C(C)C1. The third-order valence-corrected chi connectivity index (χ3v) is 4.72. The van der Waals surface area contributed by atoms with Gasteiger partial charge in [-0.05, 0) is 45.0 Å². The lowest BCUT2D eigenvalue weighted by Crippen LogP contribution is -2.53. The molecule has 2 rings (SSSR count). The van der Waals surface area contributed by atoms with Crippen molar-refractivity contribution < 1.29 is 14.6 Å². The summed E-state index contributed by atoms with van der Waals surface area (Å²) in [4.78, 5) is 4.85. The molecule has 5 nitrogen and oxygen atoms in total. The van der Waals surface area contributed by atoms with E-state index in [4.69, 9.17) is 9.47 Å².